The minimum absolute atomic E-state index is 0.246. The summed E-state index contributed by atoms with van der Waals surface area (Å²) < 4.78 is 0. The molecule has 0 saturated carbocycles. The van der Waals surface area contributed by atoms with Gasteiger partial charge in [0, 0.05) is 13.1 Å². The predicted octanol–water partition coefficient (Wildman–Crippen LogP) is 0.965. The number of fused-ring (bicyclic) bond motifs is 2. The van der Waals surface area contributed by atoms with Crippen molar-refractivity contribution in [3.63, 3.8) is 0 Å². The predicted molar refractivity (Wildman–Crippen MR) is 112 cm³/mol. The second kappa shape index (κ2) is 8.81. The van der Waals surface area contributed by atoms with Gasteiger partial charge < -0.3 is 26.4 Å². The van der Waals surface area contributed by atoms with Crippen LogP contribution in [0.5, 0.6) is 0 Å². The molecule has 0 aliphatic carbocycles. The third-order valence-corrected chi connectivity index (χ3v) is 5.45. The number of carbonyl (C=O) groups is 1. The second-order valence-electron chi connectivity index (χ2n) is 7.39. The lowest BCUT2D eigenvalue weighted by atomic mass is 10.0. The number of aryl methyl sites for hydroxylation is 2. The highest BCUT2D eigenvalue weighted by Crippen LogP contribution is 2.36. The molecule has 2 aliphatic heterocycles. The van der Waals surface area contributed by atoms with Crippen LogP contribution < -0.4 is 21.3 Å². The lowest BCUT2D eigenvalue weighted by Gasteiger charge is -2.34. The molecule has 0 aromatic heterocycles. The van der Waals surface area contributed by atoms with Gasteiger partial charge in [-0.3, -0.25) is 4.79 Å². The van der Waals surface area contributed by atoms with Crippen LogP contribution >= 0.6 is 0 Å². The zero-order chi connectivity index (χ0) is 20.3. The van der Waals surface area contributed by atoms with Crippen LogP contribution in [0.3, 0.4) is 0 Å². The lowest BCUT2D eigenvalue weighted by Crippen LogP contribution is -2.54. The van der Waals surface area contributed by atoms with Crippen molar-refractivity contribution >= 4 is 28.8 Å². The Hall–Kier alpha value is -2.29. The van der Waals surface area contributed by atoms with E-state index in [-0.39, 0.29) is 5.71 Å². The topological polar surface area (TPSA) is 115 Å². The highest BCUT2D eigenvalue weighted by Gasteiger charge is 2.35. The number of hydrogen-bond acceptors (Lipinski definition) is 7. The summed E-state index contributed by atoms with van der Waals surface area (Å²) >= 11 is 0. The van der Waals surface area contributed by atoms with Crippen molar-refractivity contribution in [2.45, 2.75) is 40.0 Å². The Morgan fingerprint density at radius 1 is 1.32 bits per heavy atom. The van der Waals surface area contributed by atoms with Gasteiger partial charge >= 0.3 is 0 Å². The molecule has 2 unspecified atom stereocenters. The van der Waals surface area contributed by atoms with E-state index in [9.17, 15) is 9.90 Å². The second-order valence-corrected chi connectivity index (χ2v) is 7.39. The Bertz CT molecular complexity index is 800. The fraction of sp³-hybridized carbons (Fsp3) is 0.550. The van der Waals surface area contributed by atoms with E-state index in [1.54, 1.807) is 0 Å². The number of aliphatic imine (C=N–C) groups is 2. The van der Waals surface area contributed by atoms with Crippen LogP contribution in [-0.4, -0.2) is 55.1 Å². The van der Waals surface area contributed by atoms with Crippen molar-refractivity contribution in [3.05, 3.63) is 23.3 Å². The first-order valence-corrected chi connectivity index (χ1v) is 9.90. The molecule has 5 N–H and O–H groups in total. The fourth-order valence-electron chi connectivity index (χ4n) is 3.46. The first-order valence-electron chi connectivity index (χ1n) is 9.90. The molecule has 0 saturated heterocycles. The number of anilines is 1. The minimum atomic E-state index is -1.25. The Morgan fingerprint density at radius 2 is 2.07 bits per heavy atom. The monoisotopic (exact) mass is 386 g/mol. The number of aliphatic hydroxyl groups excluding tert-OH is 1. The van der Waals surface area contributed by atoms with Crippen LogP contribution in [0.1, 0.15) is 30.9 Å². The smallest absolute Gasteiger partial charge is 0.277 e. The van der Waals surface area contributed by atoms with Crippen molar-refractivity contribution in [2.24, 2.45) is 21.6 Å². The summed E-state index contributed by atoms with van der Waals surface area (Å²) in [6.45, 7) is 9.17. The molecule has 0 radical (unpaired) electrons. The molecule has 8 heteroatoms. The van der Waals surface area contributed by atoms with Crippen LogP contribution in [0.2, 0.25) is 0 Å². The molecular weight excluding hydrogens is 356 g/mol. The highest BCUT2D eigenvalue weighted by atomic mass is 16.3. The zero-order valence-electron chi connectivity index (χ0n) is 16.8. The van der Waals surface area contributed by atoms with Gasteiger partial charge in [0.25, 0.3) is 5.91 Å². The third kappa shape index (κ3) is 4.24. The number of benzene rings is 1. The van der Waals surface area contributed by atoms with Crippen molar-refractivity contribution in [2.75, 3.05) is 31.1 Å². The average molecular weight is 387 g/mol. The molecule has 0 bridgehead atoms. The van der Waals surface area contributed by atoms with Gasteiger partial charge in [0.05, 0.1) is 11.4 Å². The van der Waals surface area contributed by atoms with E-state index in [1.165, 1.54) is 0 Å². The number of aliphatic hydroxyl groups is 1. The first kappa shape index (κ1) is 20.4. The van der Waals surface area contributed by atoms with Crippen LogP contribution in [0, 0.1) is 19.8 Å². The summed E-state index contributed by atoms with van der Waals surface area (Å²) in [5, 5.41) is 15.7. The number of nitrogens with one attached hydrogen (secondary N) is 2. The summed E-state index contributed by atoms with van der Waals surface area (Å²) in [5.74, 6) is 0.546. The first-order chi connectivity index (χ1) is 13.4. The summed E-state index contributed by atoms with van der Waals surface area (Å²) in [6, 6.07) is 4.05. The van der Waals surface area contributed by atoms with Gasteiger partial charge in [0.15, 0.2) is 11.5 Å². The molecule has 0 spiro atoms. The van der Waals surface area contributed by atoms with E-state index in [1.807, 2.05) is 24.8 Å². The molecule has 28 heavy (non-hydrogen) atoms. The van der Waals surface area contributed by atoms with Crippen LogP contribution in [0.25, 0.3) is 0 Å². The van der Waals surface area contributed by atoms with E-state index >= 15 is 0 Å². The van der Waals surface area contributed by atoms with E-state index in [4.69, 9.17) is 5.73 Å². The summed E-state index contributed by atoms with van der Waals surface area (Å²) in [7, 11) is 0. The standard InChI is InChI=1S/C20H30N6O2/c1-4-14(11-21)5-6-22-7-8-26-16-10-13(3)12(2)9-15(16)23-17-18(26)24-20(28)25-19(17)27/h9-10,14,20,22,28H,4-8,11,21H2,1-3H3,(H,25,27). The van der Waals surface area contributed by atoms with Gasteiger partial charge in [-0.05, 0) is 62.5 Å². The Kier molecular flexibility index (Phi) is 6.43. The maximum Gasteiger partial charge on any atom is 0.277 e. The molecule has 1 aromatic rings. The molecule has 1 amide bonds. The summed E-state index contributed by atoms with van der Waals surface area (Å²) in [4.78, 5) is 23.0. The van der Waals surface area contributed by atoms with Crippen molar-refractivity contribution < 1.29 is 9.90 Å². The number of rotatable bonds is 8. The molecule has 2 aliphatic rings. The number of nitrogens with two attached hydrogens (primary N) is 1. The van der Waals surface area contributed by atoms with Crippen LogP contribution in [-0.2, 0) is 4.79 Å². The highest BCUT2D eigenvalue weighted by molar-refractivity contribution is 6.70. The average Bonchev–Trinajstić information content (AvgIpc) is 2.66. The zero-order valence-corrected chi connectivity index (χ0v) is 16.8. The van der Waals surface area contributed by atoms with Gasteiger partial charge in [0.2, 0.25) is 6.35 Å². The van der Waals surface area contributed by atoms with Gasteiger partial charge in [-0.25, -0.2) is 9.98 Å². The number of amides is 1. The van der Waals surface area contributed by atoms with E-state index in [0.717, 1.165) is 48.4 Å². The maximum absolute atomic E-state index is 12.3. The minimum Gasteiger partial charge on any atom is -0.355 e. The third-order valence-electron chi connectivity index (χ3n) is 5.45. The molecule has 0 fully saturated rings. The summed E-state index contributed by atoms with van der Waals surface area (Å²) in [6.07, 6.45) is 0.872. The number of nitrogens with zero attached hydrogens (tertiary/aromatic N) is 3. The largest absolute Gasteiger partial charge is 0.355 e. The van der Waals surface area contributed by atoms with Gasteiger partial charge in [-0.1, -0.05) is 13.3 Å². The normalized spacial score (nSPS) is 19.4. The molecule has 152 valence electrons. The number of amidine groups is 1. The van der Waals surface area contributed by atoms with Crippen molar-refractivity contribution in [1.29, 1.82) is 0 Å². The van der Waals surface area contributed by atoms with Crippen LogP contribution in [0.15, 0.2) is 22.1 Å². The molecule has 2 atom stereocenters. The summed E-state index contributed by atoms with van der Waals surface area (Å²) in [5.41, 5.74) is 9.93. The maximum atomic E-state index is 12.3. The van der Waals surface area contributed by atoms with E-state index in [2.05, 4.69) is 33.6 Å². The molecule has 2 heterocycles. The Morgan fingerprint density at radius 3 is 2.79 bits per heavy atom. The van der Waals surface area contributed by atoms with E-state index < -0.39 is 12.3 Å². The lowest BCUT2D eigenvalue weighted by molar-refractivity contribution is -0.117. The van der Waals surface area contributed by atoms with E-state index in [0.29, 0.717) is 24.8 Å². The van der Waals surface area contributed by atoms with Gasteiger partial charge in [0.1, 0.15) is 0 Å². The quantitative estimate of drug-likeness (QED) is 0.497. The SMILES string of the molecule is CCC(CN)CCNCCN1C2=NC(O)NC(=O)C2=Nc2cc(C)c(C)cc21. The molecule has 1 aromatic carbocycles. The number of hydrogen-bond donors (Lipinski definition) is 4. The fourth-order valence-corrected chi connectivity index (χ4v) is 3.46. The molecule has 3 rings (SSSR count). The van der Waals surface area contributed by atoms with Crippen LogP contribution in [0.4, 0.5) is 11.4 Å². The van der Waals surface area contributed by atoms with Gasteiger partial charge in [-0.2, -0.15) is 0 Å². The van der Waals surface area contributed by atoms with Crippen molar-refractivity contribution in [3.8, 4) is 0 Å². The molecular formula is C20H30N6O2. The Labute approximate surface area is 165 Å². The van der Waals surface area contributed by atoms with Gasteiger partial charge in [-0.15, -0.1) is 0 Å². The number of carbonyl (C=O) groups excluding carboxylic acids is 1. The Balaban J connectivity index is 1.79. The van der Waals surface area contributed by atoms with Crippen molar-refractivity contribution in [1.82, 2.24) is 10.6 Å². The molecule has 8 nitrogen and oxygen atoms in total.